The monoisotopic (exact) mass is 439 g/mol. The van der Waals surface area contributed by atoms with Crippen molar-refractivity contribution < 1.29 is 14.4 Å². The molecule has 1 N–H and O–H groups in total. The highest BCUT2D eigenvalue weighted by Gasteiger charge is 2.37. The lowest BCUT2D eigenvalue weighted by Gasteiger charge is -2.33. The van der Waals surface area contributed by atoms with Gasteiger partial charge in [0.2, 0.25) is 11.8 Å². The third-order valence-electron chi connectivity index (χ3n) is 6.06. The van der Waals surface area contributed by atoms with Crippen LogP contribution in [-0.2, 0) is 16.1 Å². The van der Waals surface area contributed by atoms with Crippen LogP contribution in [0.4, 0.5) is 0 Å². The van der Waals surface area contributed by atoms with Crippen molar-refractivity contribution >= 4 is 29.3 Å². The Bertz CT molecular complexity index is 958. The van der Waals surface area contributed by atoms with E-state index in [0.29, 0.717) is 49.6 Å². The highest BCUT2D eigenvalue weighted by Crippen LogP contribution is 2.26. The van der Waals surface area contributed by atoms with Gasteiger partial charge < -0.3 is 15.1 Å². The van der Waals surface area contributed by atoms with Crippen LogP contribution in [-0.4, -0.2) is 53.2 Å². The van der Waals surface area contributed by atoms with Crippen LogP contribution in [0, 0.1) is 5.92 Å². The van der Waals surface area contributed by atoms with Crippen LogP contribution in [0.3, 0.4) is 0 Å². The van der Waals surface area contributed by atoms with Gasteiger partial charge in [-0.25, -0.2) is 0 Å². The Morgan fingerprint density at radius 1 is 1.00 bits per heavy atom. The topological polar surface area (TPSA) is 69.7 Å². The van der Waals surface area contributed by atoms with Gasteiger partial charge in [0.25, 0.3) is 5.91 Å². The van der Waals surface area contributed by atoms with Gasteiger partial charge in [-0.15, -0.1) is 0 Å². The maximum Gasteiger partial charge on any atom is 0.251 e. The third kappa shape index (κ3) is 5.07. The van der Waals surface area contributed by atoms with Gasteiger partial charge in [-0.05, 0) is 36.6 Å². The second-order valence-corrected chi connectivity index (χ2v) is 8.61. The first-order chi connectivity index (χ1) is 15.0. The van der Waals surface area contributed by atoms with E-state index >= 15 is 0 Å². The molecule has 0 aliphatic carbocycles. The molecule has 4 rings (SSSR count). The summed E-state index contributed by atoms with van der Waals surface area (Å²) in [6, 6.07) is 16.7. The number of benzene rings is 2. The zero-order valence-corrected chi connectivity index (χ0v) is 18.1. The number of carbonyl (C=O) groups is 3. The molecular weight excluding hydrogens is 414 g/mol. The number of rotatable bonds is 5. The van der Waals surface area contributed by atoms with Crippen LogP contribution < -0.4 is 5.32 Å². The molecule has 7 heteroatoms. The molecule has 0 bridgehead atoms. The fourth-order valence-electron chi connectivity index (χ4n) is 4.28. The van der Waals surface area contributed by atoms with Crippen molar-refractivity contribution in [2.45, 2.75) is 31.8 Å². The summed E-state index contributed by atoms with van der Waals surface area (Å²) in [7, 11) is 0. The van der Waals surface area contributed by atoms with Crippen molar-refractivity contribution in [3.63, 3.8) is 0 Å². The minimum absolute atomic E-state index is 0.0109. The second-order valence-electron chi connectivity index (χ2n) is 8.21. The van der Waals surface area contributed by atoms with Crippen LogP contribution in [0.2, 0.25) is 5.02 Å². The number of hydrogen-bond donors (Lipinski definition) is 1. The highest BCUT2D eigenvalue weighted by atomic mass is 35.5. The summed E-state index contributed by atoms with van der Waals surface area (Å²) in [6.45, 7) is 2.03. The molecule has 31 heavy (non-hydrogen) atoms. The van der Waals surface area contributed by atoms with E-state index in [-0.39, 0.29) is 36.1 Å². The quantitative estimate of drug-likeness (QED) is 0.778. The Balaban J connectivity index is 1.27. The average Bonchev–Trinajstić information content (AvgIpc) is 3.16. The first-order valence-electron chi connectivity index (χ1n) is 10.7. The summed E-state index contributed by atoms with van der Waals surface area (Å²) >= 11 is 6.22. The van der Waals surface area contributed by atoms with Crippen molar-refractivity contribution in [1.29, 1.82) is 0 Å². The summed E-state index contributed by atoms with van der Waals surface area (Å²) in [5.41, 5.74) is 1.53. The minimum Gasteiger partial charge on any atom is -0.349 e. The SMILES string of the molecule is O=C(NC1CCN(C(=O)C2CC(=O)N(Cc3ccccc3Cl)C2)CC1)c1ccccc1. The lowest BCUT2D eigenvalue weighted by molar-refractivity contribution is -0.136. The van der Waals surface area contributed by atoms with Crippen LogP contribution in [0.1, 0.15) is 35.2 Å². The van der Waals surface area contributed by atoms with Crippen LogP contribution in [0.25, 0.3) is 0 Å². The third-order valence-corrected chi connectivity index (χ3v) is 6.43. The zero-order valence-electron chi connectivity index (χ0n) is 17.3. The molecule has 2 aliphatic heterocycles. The van der Waals surface area contributed by atoms with Gasteiger partial charge in [0.15, 0.2) is 0 Å². The van der Waals surface area contributed by atoms with Gasteiger partial charge in [0.1, 0.15) is 0 Å². The number of piperidine rings is 1. The van der Waals surface area contributed by atoms with E-state index in [1.54, 1.807) is 23.1 Å². The van der Waals surface area contributed by atoms with Crippen LogP contribution in [0.15, 0.2) is 54.6 Å². The molecule has 0 saturated carbocycles. The van der Waals surface area contributed by atoms with Crippen molar-refractivity contribution in [3.8, 4) is 0 Å². The largest absolute Gasteiger partial charge is 0.349 e. The number of nitrogens with one attached hydrogen (secondary N) is 1. The van der Waals surface area contributed by atoms with Gasteiger partial charge in [-0.3, -0.25) is 14.4 Å². The Kier molecular flexibility index (Phi) is 6.56. The molecule has 2 saturated heterocycles. The average molecular weight is 440 g/mol. The predicted molar refractivity (Wildman–Crippen MR) is 118 cm³/mol. The molecule has 2 fully saturated rings. The van der Waals surface area contributed by atoms with Gasteiger partial charge >= 0.3 is 0 Å². The standard InChI is InChI=1S/C24H26ClN3O3/c25-21-9-5-4-8-18(21)15-28-16-19(14-22(28)29)24(31)27-12-10-20(11-13-27)26-23(30)17-6-2-1-3-7-17/h1-9,19-20H,10-16H2,(H,26,30). The van der Waals surface area contributed by atoms with E-state index in [2.05, 4.69) is 5.32 Å². The fourth-order valence-corrected chi connectivity index (χ4v) is 4.48. The van der Waals surface area contributed by atoms with E-state index < -0.39 is 0 Å². The maximum absolute atomic E-state index is 13.0. The molecule has 2 aromatic rings. The van der Waals surface area contributed by atoms with Gasteiger partial charge in [0, 0.05) is 49.2 Å². The number of halogens is 1. The molecule has 2 aliphatic rings. The van der Waals surface area contributed by atoms with E-state index in [0.717, 1.165) is 5.56 Å². The number of nitrogens with zero attached hydrogens (tertiary/aromatic N) is 2. The molecule has 2 heterocycles. The summed E-state index contributed by atoms with van der Waals surface area (Å²) in [5.74, 6) is -0.376. The Labute approximate surface area is 187 Å². The molecule has 0 radical (unpaired) electrons. The van der Waals surface area contributed by atoms with Crippen molar-refractivity contribution in [3.05, 3.63) is 70.7 Å². The summed E-state index contributed by atoms with van der Waals surface area (Å²) in [6.07, 6.45) is 1.68. The first kappa shape index (κ1) is 21.4. The van der Waals surface area contributed by atoms with Crippen molar-refractivity contribution in [2.75, 3.05) is 19.6 Å². The summed E-state index contributed by atoms with van der Waals surface area (Å²) in [5, 5.41) is 3.69. The Morgan fingerprint density at radius 2 is 1.68 bits per heavy atom. The predicted octanol–water partition coefficient (Wildman–Crippen LogP) is 3.11. The highest BCUT2D eigenvalue weighted by molar-refractivity contribution is 6.31. The van der Waals surface area contributed by atoms with Gasteiger partial charge in [0.05, 0.1) is 5.92 Å². The summed E-state index contributed by atoms with van der Waals surface area (Å²) < 4.78 is 0. The van der Waals surface area contributed by atoms with E-state index in [1.807, 2.05) is 41.3 Å². The minimum atomic E-state index is -0.314. The first-order valence-corrected chi connectivity index (χ1v) is 11.0. The molecule has 0 spiro atoms. The molecule has 3 amide bonds. The van der Waals surface area contributed by atoms with E-state index in [9.17, 15) is 14.4 Å². The van der Waals surface area contributed by atoms with Crippen LogP contribution in [0.5, 0.6) is 0 Å². The number of likely N-dealkylation sites (tertiary alicyclic amines) is 2. The van der Waals surface area contributed by atoms with Crippen LogP contribution >= 0.6 is 11.6 Å². The second kappa shape index (κ2) is 9.52. The smallest absolute Gasteiger partial charge is 0.251 e. The number of carbonyl (C=O) groups excluding carboxylic acids is 3. The molecule has 6 nitrogen and oxygen atoms in total. The fraction of sp³-hybridized carbons (Fsp3) is 0.375. The van der Waals surface area contributed by atoms with E-state index in [1.165, 1.54) is 0 Å². The maximum atomic E-state index is 13.0. The molecule has 0 aromatic heterocycles. The number of amides is 3. The van der Waals surface area contributed by atoms with Gasteiger partial charge in [-0.1, -0.05) is 48.0 Å². The Morgan fingerprint density at radius 3 is 2.39 bits per heavy atom. The van der Waals surface area contributed by atoms with Crippen molar-refractivity contribution in [2.24, 2.45) is 5.92 Å². The molecule has 2 aromatic carbocycles. The molecule has 1 unspecified atom stereocenters. The normalized spacial score (nSPS) is 19.5. The van der Waals surface area contributed by atoms with Gasteiger partial charge in [-0.2, -0.15) is 0 Å². The van der Waals surface area contributed by atoms with Crippen molar-refractivity contribution in [1.82, 2.24) is 15.1 Å². The molecular formula is C24H26ClN3O3. The lowest BCUT2D eigenvalue weighted by atomic mass is 10.0. The molecule has 1 atom stereocenters. The molecule has 162 valence electrons. The zero-order chi connectivity index (χ0) is 21.8. The van der Waals surface area contributed by atoms with E-state index in [4.69, 9.17) is 11.6 Å². The number of hydrogen-bond acceptors (Lipinski definition) is 3. The Hall–Kier alpha value is -2.86. The lowest BCUT2D eigenvalue weighted by Crippen LogP contribution is -2.48. The summed E-state index contributed by atoms with van der Waals surface area (Å²) in [4.78, 5) is 41.3.